The first-order valence-electron chi connectivity index (χ1n) is 9.60. The number of benzene rings is 2. The van der Waals surface area contributed by atoms with E-state index in [0.717, 1.165) is 16.6 Å². The first kappa shape index (κ1) is 21.0. The molecule has 1 fully saturated rings. The van der Waals surface area contributed by atoms with Gasteiger partial charge in [-0.05, 0) is 12.1 Å². The Hall–Kier alpha value is -3.20. The Morgan fingerprint density at radius 2 is 1.42 bits per heavy atom. The van der Waals surface area contributed by atoms with E-state index in [9.17, 15) is 22.8 Å². The van der Waals surface area contributed by atoms with E-state index < -0.39 is 17.6 Å². The number of halogens is 3. The molecule has 0 aliphatic carbocycles. The first-order valence-corrected chi connectivity index (χ1v) is 10.5. The monoisotopic (exact) mass is 445 g/mol. The highest BCUT2D eigenvalue weighted by molar-refractivity contribution is 7.13. The van der Waals surface area contributed by atoms with Gasteiger partial charge >= 0.3 is 6.18 Å². The number of nitrogens with zero attached hydrogens (tertiary/aromatic N) is 3. The van der Waals surface area contributed by atoms with Crippen molar-refractivity contribution in [1.82, 2.24) is 14.8 Å². The molecule has 0 atom stereocenters. The predicted molar refractivity (Wildman–Crippen MR) is 111 cm³/mol. The van der Waals surface area contributed by atoms with Crippen molar-refractivity contribution in [3.05, 3.63) is 76.8 Å². The molecule has 0 saturated carbocycles. The van der Waals surface area contributed by atoms with E-state index in [4.69, 9.17) is 0 Å². The van der Waals surface area contributed by atoms with Crippen LogP contribution >= 0.6 is 11.3 Å². The van der Waals surface area contributed by atoms with Crippen LogP contribution in [0.4, 0.5) is 13.2 Å². The molecule has 2 heterocycles. The molecule has 5 nitrogen and oxygen atoms in total. The Kier molecular flexibility index (Phi) is 5.77. The molecule has 0 bridgehead atoms. The highest BCUT2D eigenvalue weighted by Gasteiger charge is 2.36. The maximum absolute atomic E-state index is 13.2. The lowest BCUT2D eigenvalue weighted by atomic mass is 10.1. The molecule has 2 amide bonds. The average Bonchev–Trinajstić information content (AvgIpc) is 3.29. The minimum Gasteiger partial charge on any atom is -0.335 e. The molecule has 1 aliphatic rings. The quantitative estimate of drug-likeness (QED) is 0.600. The molecular weight excluding hydrogens is 427 g/mol. The minimum atomic E-state index is -4.61. The molecule has 160 valence electrons. The second kappa shape index (κ2) is 8.50. The van der Waals surface area contributed by atoms with Gasteiger partial charge in [0, 0.05) is 37.1 Å². The molecule has 9 heteroatoms. The number of rotatable bonds is 3. The summed E-state index contributed by atoms with van der Waals surface area (Å²) in [5, 5.41) is 2.43. The minimum absolute atomic E-state index is 0.159. The summed E-state index contributed by atoms with van der Waals surface area (Å²) in [6.07, 6.45) is -4.61. The summed E-state index contributed by atoms with van der Waals surface area (Å²) in [5.41, 5.74) is -0.0763. The second-order valence-corrected chi connectivity index (χ2v) is 7.89. The number of piperazine rings is 1. The summed E-state index contributed by atoms with van der Waals surface area (Å²) in [6, 6.07) is 14.3. The molecular formula is C22H18F3N3O2S. The van der Waals surface area contributed by atoms with Crippen LogP contribution in [0, 0.1) is 0 Å². The van der Waals surface area contributed by atoms with Gasteiger partial charge in [0.05, 0.1) is 11.1 Å². The zero-order chi connectivity index (χ0) is 22.0. The van der Waals surface area contributed by atoms with Crippen LogP contribution in [0.1, 0.15) is 26.4 Å². The fourth-order valence-corrected chi connectivity index (χ4v) is 4.25. The third-order valence-electron chi connectivity index (χ3n) is 5.06. The van der Waals surface area contributed by atoms with Gasteiger partial charge in [-0.2, -0.15) is 13.2 Å². The average molecular weight is 445 g/mol. The lowest BCUT2D eigenvalue weighted by molar-refractivity contribution is -0.138. The van der Waals surface area contributed by atoms with Gasteiger partial charge in [0.1, 0.15) is 10.7 Å². The summed E-state index contributed by atoms with van der Waals surface area (Å²) >= 11 is 1.37. The summed E-state index contributed by atoms with van der Waals surface area (Å²) in [6.45, 7) is 0.785. The molecule has 31 heavy (non-hydrogen) atoms. The van der Waals surface area contributed by atoms with Gasteiger partial charge in [-0.3, -0.25) is 9.59 Å². The molecule has 4 rings (SSSR count). The molecule has 0 N–H and O–H groups in total. The number of alkyl halides is 3. The molecule has 2 aromatic carbocycles. The number of hydrogen-bond acceptors (Lipinski definition) is 4. The van der Waals surface area contributed by atoms with Crippen LogP contribution in [0.2, 0.25) is 0 Å². The summed E-state index contributed by atoms with van der Waals surface area (Å²) < 4.78 is 39.7. The number of carbonyl (C=O) groups is 2. The topological polar surface area (TPSA) is 53.5 Å². The van der Waals surface area contributed by atoms with Gasteiger partial charge in [0.15, 0.2) is 0 Å². The largest absolute Gasteiger partial charge is 0.417 e. The van der Waals surface area contributed by atoms with Crippen LogP contribution in [-0.4, -0.2) is 52.8 Å². The van der Waals surface area contributed by atoms with Gasteiger partial charge in [-0.1, -0.05) is 42.5 Å². The third kappa shape index (κ3) is 4.46. The third-order valence-corrected chi connectivity index (χ3v) is 5.95. The standard InChI is InChI=1S/C22H18F3N3O2S/c23-22(24,25)17-9-5-4-8-16(17)20(29)27-10-12-28(13-11-27)21(30)18-14-31-19(26-18)15-6-2-1-3-7-15/h1-9,14H,10-13H2. The van der Waals surface area contributed by atoms with E-state index in [1.54, 1.807) is 10.3 Å². The Morgan fingerprint density at radius 1 is 0.839 bits per heavy atom. The van der Waals surface area contributed by atoms with Crippen LogP contribution in [0.5, 0.6) is 0 Å². The molecule has 0 spiro atoms. The zero-order valence-electron chi connectivity index (χ0n) is 16.3. The van der Waals surface area contributed by atoms with Crippen LogP contribution < -0.4 is 0 Å². The number of carbonyl (C=O) groups excluding carboxylic acids is 2. The van der Waals surface area contributed by atoms with Gasteiger partial charge in [0.25, 0.3) is 11.8 Å². The predicted octanol–water partition coefficient (Wildman–Crippen LogP) is 4.43. The van der Waals surface area contributed by atoms with Gasteiger partial charge in [-0.25, -0.2) is 4.98 Å². The molecule has 0 unspecified atom stereocenters. The van der Waals surface area contributed by atoms with Crippen molar-refractivity contribution < 1.29 is 22.8 Å². The van der Waals surface area contributed by atoms with Crippen molar-refractivity contribution in [3.8, 4) is 10.6 Å². The van der Waals surface area contributed by atoms with E-state index in [0.29, 0.717) is 5.69 Å². The molecule has 0 radical (unpaired) electrons. The lowest BCUT2D eigenvalue weighted by Gasteiger charge is -2.34. The van der Waals surface area contributed by atoms with Gasteiger partial charge in [0.2, 0.25) is 0 Å². The van der Waals surface area contributed by atoms with Crippen LogP contribution in [0.15, 0.2) is 60.0 Å². The van der Waals surface area contributed by atoms with Crippen molar-refractivity contribution in [1.29, 1.82) is 0 Å². The summed E-state index contributed by atoms with van der Waals surface area (Å²) in [4.78, 5) is 32.8. The van der Waals surface area contributed by atoms with E-state index in [1.807, 2.05) is 30.3 Å². The molecule has 3 aromatic rings. The summed E-state index contributed by atoms with van der Waals surface area (Å²) in [5.74, 6) is -0.929. The summed E-state index contributed by atoms with van der Waals surface area (Å²) in [7, 11) is 0. The number of hydrogen-bond donors (Lipinski definition) is 0. The number of thiazole rings is 1. The maximum atomic E-state index is 13.2. The lowest BCUT2D eigenvalue weighted by Crippen LogP contribution is -2.50. The first-order chi connectivity index (χ1) is 14.8. The van der Waals surface area contributed by atoms with Crippen molar-refractivity contribution in [2.24, 2.45) is 0 Å². The fourth-order valence-electron chi connectivity index (χ4n) is 3.45. The number of amides is 2. The Labute approximate surface area is 180 Å². The SMILES string of the molecule is O=C(c1csc(-c2ccccc2)n1)N1CCN(C(=O)c2ccccc2C(F)(F)F)CC1. The molecule has 1 saturated heterocycles. The van der Waals surface area contributed by atoms with E-state index >= 15 is 0 Å². The van der Waals surface area contributed by atoms with Crippen molar-refractivity contribution >= 4 is 23.2 Å². The smallest absolute Gasteiger partial charge is 0.335 e. The second-order valence-electron chi connectivity index (χ2n) is 7.03. The highest BCUT2D eigenvalue weighted by atomic mass is 32.1. The van der Waals surface area contributed by atoms with Crippen molar-refractivity contribution in [2.75, 3.05) is 26.2 Å². The van der Waals surface area contributed by atoms with Crippen molar-refractivity contribution in [2.45, 2.75) is 6.18 Å². The number of aromatic nitrogens is 1. The van der Waals surface area contributed by atoms with E-state index in [1.165, 1.54) is 34.4 Å². The molecule has 1 aliphatic heterocycles. The maximum Gasteiger partial charge on any atom is 0.417 e. The Balaban J connectivity index is 1.42. The van der Waals surface area contributed by atoms with Crippen LogP contribution in [0.25, 0.3) is 10.6 Å². The Bertz CT molecular complexity index is 1090. The van der Waals surface area contributed by atoms with Crippen LogP contribution in [0.3, 0.4) is 0 Å². The fraction of sp³-hybridized carbons (Fsp3) is 0.227. The zero-order valence-corrected chi connectivity index (χ0v) is 17.1. The van der Waals surface area contributed by atoms with E-state index in [2.05, 4.69) is 4.98 Å². The van der Waals surface area contributed by atoms with Crippen LogP contribution in [-0.2, 0) is 6.18 Å². The van der Waals surface area contributed by atoms with Gasteiger partial charge in [-0.15, -0.1) is 11.3 Å². The highest BCUT2D eigenvalue weighted by Crippen LogP contribution is 2.32. The van der Waals surface area contributed by atoms with Crippen molar-refractivity contribution in [3.63, 3.8) is 0 Å². The normalized spacial score (nSPS) is 14.5. The molecule has 1 aromatic heterocycles. The van der Waals surface area contributed by atoms with Gasteiger partial charge < -0.3 is 9.80 Å². The Morgan fingerprint density at radius 3 is 2.06 bits per heavy atom. The van der Waals surface area contributed by atoms with E-state index in [-0.39, 0.29) is 37.6 Å².